The standard InChI is InChI=1S/C8H7BBrNO2S/c10-5-2-1-4-6(11)3-14-8(4)7(5)9(12)13/h1-3,12-13H,11H2. The summed E-state index contributed by atoms with van der Waals surface area (Å²) in [5.74, 6) is 0. The Morgan fingerprint density at radius 1 is 1.36 bits per heavy atom. The monoisotopic (exact) mass is 271 g/mol. The van der Waals surface area contributed by atoms with Gasteiger partial charge in [-0.05, 0) is 6.07 Å². The zero-order chi connectivity index (χ0) is 10.3. The van der Waals surface area contributed by atoms with E-state index in [2.05, 4.69) is 15.9 Å². The molecule has 4 N–H and O–H groups in total. The Hall–Kier alpha value is -0.555. The van der Waals surface area contributed by atoms with Gasteiger partial charge < -0.3 is 15.8 Å². The fourth-order valence-corrected chi connectivity index (χ4v) is 3.05. The summed E-state index contributed by atoms with van der Waals surface area (Å²) in [4.78, 5) is 0. The molecule has 3 nitrogen and oxygen atoms in total. The third-order valence-corrected chi connectivity index (χ3v) is 3.75. The molecule has 0 radical (unpaired) electrons. The van der Waals surface area contributed by atoms with E-state index in [9.17, 15) is 10.0 Å². The lowest BCUT2D eigenvalue weighted by molar-refractivity contribution is 0.426. The van der Waals surface area contributed by atoms with Gasteiger partial charge in [-0.1, -0.05) is 22.0 Å². The van der Waals surface area contributed by atoms with Crippen molar-refractivity contribution in [3.8, 4) is 0 Å². The minimum absolute atomic E-state index is 0.476. The van der Waals surface area contributed by atoms with E-state index in [4.69, 9.17) is 5.73 Å². The van der Waals surface area contributed by atoms with Crippen molar-refractivity contribution < 1.29 is 10.0 Å². The Morgan fingerprint density at radius 3 is 2.71 bits per heavy atom. The summed E-state index contributed by atoms with van der Waals surface area (Å²) in [6, 6.07) is 3.62. The SMILES string of the molecule is Nc1csc2c(B(O)O)c(Br)ccc12. The lowest BCUT2D eigenvalue weighted by Gasteiger charge is -2.04. The van der Waals surface area contributed by atoms with E-state index < -0.39 is 7.12 Å². The Kier molecular flexibility index (Phi) is 2.53. The van der Waals surface area contributed by atoms with Crippen molar-refractivity contribution in [3.63, 3.8) is 0 Å². The van der Waals surface area contributed by atoms with Gasteiger partial charge in [0, 0.05) is 25.4 Å². The molecule has 2 aromatic rings. The van der Waals surface area contributed by atoms with Crippen molar-refractivity contribution in [2.45, 2.75) is 0 Å². The van der Waals surface area contributed by atoms with Crippen molar-refractivity contribution in [2.24, 2.45) is 0 Å². The molecule has 2 rings (SSSR count). The molecule has 6 heteroatoms. The molecule has 0 bridgehead atoms. The first kappa shape index (κ1) is 9.98. The quantitative estimate of drug-likeness (QED) is 0.676. The number of nitrogen functional groups attached to an aromatic ring is 1. The second-order valence-corrected chi connectivity index (χ2v) is 4.64. The Balaban J connectivity index is 2.83. The molecule has 0 saturated heterocycles. The number of fused-ring (bicyclic) bond motifs is 1. The normalized spacial score (nSPS) is 10.8. The number of anilines is 1. The second-order valence-electron chi connectivity index (χ2n) is 2.90. The summed E-state index contributed by atoms with van der Waals surface area (Å²) in [5.41, 5.74) is 6.87. The van der Waals surface area contributed by atoms with Crippen molar-refractivity contribution in [2.75, 3.05) is 5.73 Å². The Labute approximate surface area is 93.4 Å². The van der Waals surface area contributed by atoms with Crippen LogP contribution in [-0.4, -0.2) is 17.2 Å². The van der Waals surface area contributed by atoms with Crippen LogP contribution in [0.2, 0.25) is 0 Å². The maximum atomic E-state index is 9.20. The highest BCUT2D eigenvalue weighted by atomic mass is 79.9. The van der Waals surface area contributed by atoms with E-state index in [1.807, 2.05) is 6.07 Å². The summed E-state index contributed by atoms with van der Waals surface area (Å²) in [6.07, 6.45) is 0. The molecule has 1 heterocycles. The van der Waals surface area contributed by atoms with Crippen LogP contribution in [0, 0.1) is 0 Å². The molecule has 14 heavy (non-hydrogen) atoms. The van der Waals surface area contributed by atoms with E-state index in [0.717, 1.165) is 10.1 Å². The van der Waals surface area contributed by atoms with Gasteiger partial charge in [-0.2, -0.15) is 0 Å². The number of hydrogen-bond acceptors (Lipinski definition) is 4. The molecular formula is C8H7BBrNO2S. The zero-order valence-electron chi connectivity index (χ0n) is 7.07. The van der Waals surface area contributed by atoms with Crippen LogP contribution in [0.25, 0.3) is 10.1 Å². The molecule has 0 amide bonds. The lowest BCUT2D eigenvalue weighted by atomic mass is 9.80. The van der Waals surface area contributed by atoms with Crippen LogP contribution in [-0.2, 0) is 0 Å². The van der Waals surface area contributed by atoms with Gasteiger partial charge in [0.25, 0.3) is 0 Å². The molecule has 0 saturated carbocycles. The van der Waals surface area contributed by atoms with E-state index in [-0.39, 0.29) is 0 Å². The summed E-state index contributed by atoms with van der Waals surface area (Å²) in [7, 11) is -1.48. The molecule has 0 spiro atoms. The largest absolute Gasteiger partial charge is 0.491 e. The van der Waals surface area contributed by atoms with Gasteiger partial charge in [-0.25, -0.2) is 0 Å². The number of halogens is 1. The maximum absolute atomic E-state index is 9.20. The fourth-order valence-electron chi connectivity index (χ4n) is 1.36. The average Bonchev–Trinajstić information content (AvgIpc) is 2.47. The number of nitrogens with two attached hydrogens (primary N) is 1. The molecule has 0 fully saturated rings. The van der Waals surface area contributed by atoms with Gasteiger partial charge in [0.05, 0.1) is 5.69 Å². The van der Waals surface area contributed by atoms with Crippen LogP contribution < -0.4 is 11.2 Å². The van der Waals surface area contributed by atoms with Gasteiger partial charge in [-0.15, -0.1) is 11.3 Å². The average molecular weight is 272 g/mol. The predicted octanol–water partition coefficient (Wildman–Crippen LogP) is 0.926. The first-order valence-corrected chi connectivity index (χ1v) is 5.59. The molecule has 0 aliphatic carbocycles. The van der Waals surface area contributed by atoms with Gasteiger partial charge in [-0.3, -0.25) is 0 Å². The first-order chi connectivity index (χ1) is 6.61. The van der Waals surface area contributed by atoms with Gasteiger partial charge in [0.1, 0.15) is 0 Å². The topological polar surface area (TPSA) is 66.5 Å². The Bertz CT molecular complexity index is 485. The van der Waals surface area contributed by atoms with Crippen molar-refractivity contribution in [3.05, 3.63) is 22.0 Å². The van der Waals surface area contributed by atoms with E-state index in [1.165, 1.54) is 11.3 Å². The minimum atomic E-state index is -1.48. The van der Waals surface area contributed by atoms with Crippen molar-refractivity contribution >= 4 is 55.6 Å². The summed E-state index contributed by atoms with van der Waals surface area (Å²) in [5, 5.41) is 21.1. The van der Waals surface area contributed by atoms with Crippen LogP contribution in [0.1, 0.15) is 0 Å². The highest BCUT2D eigenvalue weighted by molar-refractivity contribution is 9.10. The van der Waals surface area contributed by atoms with Gasteiger partial charge >= 0.3 is 7.12 Å². The van der Waals surface area contributed by atoms with Crippen LogP contribution in [0.15, 0.2) is 22.0 Å². The maximum Gasteiger partial charge on any atom is 0.491 e. The fraction of sp³-hybridized carbons (Fsp3) is 0. The van der Waals surface area contributed by atoms with Crippen LogP contribution in [0.4, 0.5) is 5.69 Å². The van der Waals surface area contributed by atoms with Gasteiger partial charge in [0.2, 0.25) is 0 Å². The molecule has 0 atom stereocenters. The number of hydrogen-bond donors (Lipinski definition) is 3. The van der Waals surface area contributed by atoms with Crippen LogP contribution in [0.3, 0.4) is 0 Å². The summed E-state index contributed by atoms with van der Waals surface area (Å²) >= 11 is 4.68. The summed E-state index contributed by atoms with van der Waals surface area (Å²) < 4.78 is 1.49. The van der Waals surface area contributed by atoms with Crippen molar-refractivity contribution in [1.29, 1.82) is 0 Å². The predicted molar refractivity (Wildman–Crippen MR) is 63.8 cm³/mol. The van der Waals surface area contributed by atoms with E-state index in [0.29, 0.717) is 15.6 Å². The summed E-state index contributed by atoms with van der Waals surface area (Å²) in [6.45, 7) is 0. The molecule has 1 aromatic carbocycles. The Morgan fingerprint density at radius 2 is 2.07 bits per heavy atom. The zero-order valence-corrected chi connectivity index (χ0v) is 9.47. The van der Waals surface area contributed by atoms with E-state index >= 15 is 0 Å². The van der Waals surface area contributed by atoms with Crippen LogP contribution >= 0.6 is 27.3 Å². The molecule has 0 unspecified atom stereocenters. The second kappa shape index (κ2) is 3.54. The molecule has 0 aliphatic heterocycles. The number of rotatable bonds is 1. The molecular weight excluding hydrogens is 265 g/mol. The third kappa shape index (κ3) is 1.44. The van der Waals surface area contributed by atoms with Crippen molar-refractivity contribution in [1.82, 2.24) is 0 Å². The molecule has 72 valence electrons. The first-order valence-electron chi connectivity index (χ1n) is 3.92. The minimum Gasteiger partial charge on any atom is -0.423 e. The molecule has 0 aliphatic rings. The van der Waals surface area contributed by atoms with Crippen LogP contribution in [0.5, 0.6) is 0 Å². The van der Waals surface area contributed by atoms with Gasteiger partial charge in [0.15, 0.2) is 0 Å². The highest BCUT2D eigenvalue weighted by Gasteiger charge is 2.20. The molecule has 1 aromatic heterocycles. The number of thiophene rings is 1. The number of benzene rings is 1. The van der Waals surface area contributed by atoms with E-state index in [1.54, 1.807) is 11.4 Å². The lowest BCUT2D eigenvalue weighted by Crippen LogP contribution is -2.31. The third-order valence-electron chi connectivity index (χ3n) is 2.02. The highest BCUT2D eigenvalue weighted by Crippen LogP contribution is 2.28. The smallest absolute Gasteiger partial charge is 0.423 e.